The SMILES string of the molecule is NC(=NNCc1ccccc1)c1cccc(-c2ccccc2)c1. The van der Waals surface area contributed by atoms with Crippen LogP contribution in [-0.4, -0.2) is 5.84 Å². The minimum Gasteiger partial charge on any atom is -0.382 e. The highest BCUT2D eigenvalue weighted by molar-refractivity contribution is 5.98. The van der Waals surface area contributed by atoms with Gasteiger partial charge in [-0.3, -0.25) is 0 Å². The Labute approximate surface area is 136 Å². The maximum Gasteiger partial charge on any atom is 0.150 e. The van der Waals surface area contributed by atoms with Gasteiger partial charge in [-0.15, -0.1) is 0 Å². The predicted molar refractivity (Wildman–Crippen MR) is 95.9 cm³/mol. The van der Waals surface area contributed by atoms with Crippen LogP contribution in [0.4, 0.5) is 0 Å². The van der Waals surface area contributed by atoms with E-state index >= 15 is 0 Å². The molecule has 0 atom stereocenters. The zero-order valence-corrected chi connectivity index (χ0v) is 12.8. The Morgan fingerprint density at radius 2 is 1.43 bits per heavy atom. The van der Waals surface area contributed by atoms with Crippen molar-refractivity contribution < 1.29 is 0 Å². The number of nitrogens with two attached hydrogens (primary N) is 1. The fourth-order valence-corrected chi connectivity index (χ4v) is 2.37. The van der Waals surface area contributed by atoms with Gasteiger partial charge in [0.25, 0.3) is 0 Å². The summed E-state index contributed by atoms with van der Waals surface area (Å²) in [5.41, 5.74) is 13.5. The average molecular weight is 301 g/mol. The van der Waals surface area contributed by atoms with Gasteiger partial charge in [-0.05, 0) is 22.8 Å². The molecule has 23 heavy (non-hydrogen) atoms. The molecule has 0 aliphatic heterocycles. The second kappa shape index (κ2) is 7.27. The molecule has 0 aliphatic rings. The van der Waals surface area contributed by atoms with Gasteiger partial charge in [-0.1, -0.05) is 78.9 Å². The highest BCUT2D eigenvalue weighted by Crippen LogP contribution is 2.19. The molecule has 0 saturated heterocycles. The molecular formula is C20H19N3. The van der Waals surface area contributed by atoms with Gasteiger partial charge in [0.2, 0.25) is 0 Å². The topological polar surface area (TPSA) is 50.4 Å². The fraction of sp³-hybridized carbons (Fsp3) is 0.0500. The molecule has 3 aromatic carbocycles. The summed E-state index contributed by atoms with van der Waals surface area (Å²) in [6.07, 6.45) is 0. The summed E-state index contributed by atoms with van der Waals surface area (Å²) >= 11 is 0. The maximum absolute atomic E-state index is 6.09. The molecule has 0 bridgehead atoms. The summed E-state index contributed by atoms with van der Waals surface area (Å²) in [4.78, 5) is 0. The van der Waals surface area contributed by atoms with Gasteiger partial charge >= 0.3 is 0 Å². The van der Waals surface area contributed by atoms with E-state index < -0.39 is 0 Å². The normalized spacial score (nSPS) is 11.2. The molecule has 3 N–H and O–H groups in total. The largest absolute Gasteiger partial charge is 0.382 e. The van der Waals surface area contributed by atoms with Gasteiger partial charge < -0.3 is 11.2 Å². The Hall–Kier alpha value is -3.07. The minimum atomic E-state index is 0.485. The van der Waals surface area contributed by atoms with Crippen molar-refractivity contribution in [3.63, 3.8) is 0 Å². The van der Waals surface area contributed by atoms with Crippen LogP contribution in [0.3, 0.4) is 0 Å². The second-order valence-corrected chi connectivity index (χ2v) is 5.26. The second-order valence-electron chi connectivity index (χ2n) is 5.26. The van der Waals surface area contributed by atoms with Crippen LogP contribution in [-0.2, 0) is 6.54 Å². The van der Waals surface area contributed by atoms with Gasteiger partial charge in [0.05, 0.1) is 6.54 Å². The highest BCUT2D eigenvalue weighted by atomic mass is 15.3. The first-order chi connectivity index (χ1) is 11.3. The van der Waals surface area contributed by atoms with Crippen molar-refractivity contribution >= 4 is 5.84 Å². The highest BCUT2D eigenvalue weighted by Gasteiger charge is 2.02. The number of benzene rings is 3. The van der Waals surface area contributed by atoms with Crippen molar-refractivity contribution in [2.24, 2.45) is 10.8 Å². The Morgan fingerprint density at radius 1 is 0.783 bits per heavy atom. The van der Waals surface area contributed by atoms with Gasteiger partial charge in [0.15, 0.2) is 5.84 Å². The van der Waals surface area contributed by atoms with Crippen LogP contribution in [0.15, 0.2) is 90.0 Å². The third kappa shape index (κ3) is 3.98. The van der Waals surface area contributed by atoms with E-state index in [-0.39, 0.29) is 0 Å². The Morgan fingerprint density at radius 3 is 2.17 bits per heavy atom. The number of nitrogens with zero attached hydrogens (tertiary/aromatic N) is 1. The van der Waals surface area contributed by atoms with Crippen molar-refractivity contribution in [1.29, 1.82) is 0 Å². The van der Waals surface area contributed by atoms with Crippen LogP contribution < -0.4 is 11.2 Å². The van der Waals surface area contributed by atoms with Gasteiger partial charge in [-0.25, -0.2) is 0 Å². The van der Waals surface area contributed by atoms with Gasteiger partial charge in [0, 0.05) is 5.56 Å². The van der Waals surface area contributed by atoms with E-state index in [2.05, 4.69) is 46.9 Å². The molecule has 0 spiro atoms. The number of hydrazone groups is 1. The molecule has 0 fully saturated rings. The predicted octanol–water partition coefficient (Wildman–Crippen LogP) is 3.76. The van der Waals surface area contributed by atoms with Crippen molar-refractivity contribution in [3.8, 4) is 11.1 Å². The first kappa shape index (κ1) is 14.9. The average Bonchev–Trinajstić information content (AvgIpc) is 2.63. The summed E-state index contributed by atoms with van der Waals surface area (Å²) in [6.45, 7) is 0.653. The van der Waals surface area contributed by atoms with E-state index in [1.54, 1.807) is 0 Å². The van der Waals surface area contributed by atoms with Crippen LogP contribution in [0, 0.1) is 0 Å². The first-order valence-corrected chi connectivity index (χ1v) is 7.59. The molecule has 0 aromatic heterocycles. The Kier molecular flexibility index (Phi) is 4.69. The van der Waals surface area contributed by atoms with Crippen LogP contribution in [0.25, 0.3) is 11.1 Å². The molecule has 3 nitrogen and oxygen atoms in total. The number of hydrogen-bond acceptors (Lipinski definition) is 2. The molecule has 0 amide bonds. The molecule has 3 rings (SSSR count). The Balaban J connectivity index is 1.72. The van der Waals surface area contributed by atoms with Crippen LogP contribution >= 0.6 is 0 Å². The van der Waals surface area contributed by atoms with Crippen molar-refractivity contribution in [2.75, 3.05) is 0 Å². The van der Waals surface area contributed by atoms with Crippen LogP contribution in [0.1, 0.15) is 11.1 Å². The molecule has 114 valence electrons. The minimum absolute atomic E-state index is 0.485. The van der Waals surface area contributed by atoms with E-state index in [0.29, 0.717) is 12.4 Å². The molecule has 0 heterocycles. The summed E-state index contributed by atoms with van der Waals surface area (Å²) in [5, 5.41) is 4.27. The van der Waals surface area contributed by atoms with E-state index in [9.17, 15) is 0 Å². The van der Waals surface area contributed by atoms with Crippen molar-refractivity contribution in [2.45, 2.75) is 6.54 Å². The summed E-state index contributed by atoms with van der Waals surface area (Å²) < 4.78 is 0. The molecule has 0 radical (unpaired) electrons. The lowest BCUT2D eigenvalue weighted by Gasteiger charge is -2.06. The summed E-state index contributed by atoms with van der Waals surface area (Å²) in [6, 6.07) is 28.4. The molecule has 0 aliphatic carbocycles. The fourth-order valence-electron chi connectivity index (χ4n) is 2.37. The van der Waals surface area contributed by atoms with E-state index in [1.165, 1.54) is 11.1 Å². The monoisotopic (exact) mass is 301 g/mol. The first-order valence-electron chi connectivity index (χ1n) is 7.59. The smallest absolute Gasteiger partial charge is 0.150 e. The third-order valence-electron chi connectivity index (χ3n) is 3.59. The maximum atomic E-state index is 6.09. The lowest BCUT2D eigenvalue weighted by Crippen LogP contribution is -2.18. The lowest BCUT2D eigenvalue weighted by molar-refractivity contribution is 0.743. The lowest BCUT2D eigenvalue weighted by atomic mass is 10.0. The molecule has 3 aromatic rings. The summed E-state index contributed by atoms with van der Waals surface area (Å²) in [7, 11) is 0. The number of amidine groups is 1. The van der Waals surface area contributed by atoms with E-state index in [4.69, 9.17) is 5.73 Å². The summed E-state index contributed by atoms with van der Waals surface area (Å²) in [5.74, 6) is 0.485. The quantitative estimate of drug-likeness (QED) is 0.428. The molecular weight excluding hydrogens is 282 g/mol. The molecule has 3 heteroatoms. The third-order valence-corrected chi connectivity index (χ3v) is 3.59. The number of nitrogens with one attached hydrogen (secondary N) is 1. The number of hydrogen-bond donors (Lipinski definition) is 2. The van der Waals surface area contributed by atoms with E-state index in [0.717, 1.165) is 11.1 Å². The van der Waals surface area contributed by atoms with Crippen LogP contribution in [0.5, 0.6) is 0 Å². The van der Waals surface area contributed by atoms with E-state index in [1.807, 2.05) is 48.5 Å². The van der Waals surface area contributed by atoms with Gasteiger partial charge in [-0.2, -0.15) is 5.10 Å². The van der Waals surface area contributed by atoms with Crippen molar-refractivity contribution in [1.82, 2.24) is 5.43 Å². The standard InChI is InChI=1S/C20H19N3/c21-20(23-22-15-16-8-3-1-4-9-16)19-13-7-12-18(14-19)17-10-5-2-6-11-17/h1-14,22H,15H2,(H2,21,23). The number of rotatable bonds is 5. The molecule has 0 saturated carbocycles. The van der Waals surface area contributed by atoms with Crippen LogP contribution in [0.2, 0.25) is 0 Å². The van der Waals surface area contributed by atoms with Gasteiger partial charge in [0.1, 0.15) is 0 Å². The zero-order valence-electron chi connectivity index (χ0n) is 12.8. The molecule has 0 unspecified atom stereocenters. The zero-order chi connectivity index (χ0) is 15.9. The Bertz CT molecular complexity index is 780. The van der Waals surface area contributed by atoms with Crippen molar-refractivity contribution in [3.05, 3.63) is 96.1 Å².